The van der Waals surface area contributed by atoms with Crippen LogP contribution >= 0.6 is 34.4 Å². The highest BCUT2D eigenvalue weighted by molar-refractivity contribution is 8.01. The molecule has 0 saturated carbocycles. The zero-order chi connectivity index (χ0) is 18.9. The Balaban J connectivity index is 1.60. The number of fused-ring (bicyclic) bond motifs is 1. The Morgan fingerprint density at radius 1 is 0.964 bits per heavy atom. The van der Waals surface area contributed by atoms with E-state index in [0.29, 0.717) is 0 Å². The van der Waals surface area contributed by atoms with Crippen LogP contribution in [0.5, 0.6) is 5.75 Å². The molecule has 5 nitrogen and oxygen atoms in total. The van der Waals surface area contributed by atoms with Crippen molar-refractivity contribution in [3.05, 3.63) is 66.0 Å². The number of para-hydroxylation sites is 1. The molecule has 0 aliphatic rings. The third kappa shape index (κ3) is 3.19. The average Bonchev–Trinajstić information content (AvgIpc) is 3.47. The van der Waals surface area contributed by atoms with E-state index in [1.165, 1.54) is 16.5 Å². The Morgan fingerprint density at radius 3 is 2.57 bits per heavy atom. The Morgan fingerprint density at radius 2 is 1.82 bits per heavy atom. The third-order valence-corrected chi connectivity index (χ3v) is 7.07. The second kappa shape index (κ2) is 7.38. The number of hydrogen-bond donors (Lipinski definition) is 0. The first-order valence-corrected chi connectivity index (χ1v) is 11.0. The molecule has 0 radical (unpaired) electrons. The number of ether oxygens (including phenoxy) is 1. The lowest BCUT2D eigenvalue weighted by Crippen LogP contribution is -1.98. The van der Waals surface area contributed by atoms with E-state index in [9.17, 15) is 0 Å². The highest BCUT2D eigenvalue weighted by atomic mass is 32.2. The summed E-state index contributed by atoms with van der Waals surface area (Å²) < 4.78 is 9.48. The molecule has 28 heavy (non-hydrogen) atoms. The Labute approximate surface area is 173 Å². The minimum Gasteiger partial charge on any atom is -0.497 e. The van der Waals surface area contributed by atoms with E-state index >= 15 is 0 Å². The molecule has 0 unspecified atom stereocenters. The van der Waals surface area contributed by atoms with E-state index in [4.69, 9.17) is 9.72 Å². The molecule has 0 amide bonds. The highest BCUT2D eigenvalue weighted by Gasteiger charge is 2.19. The minimum absolute atomic E-state index is 0.785. The van der Waals surface area contributed by atoms with Crippen molar-refractivity contribution >= 4 is 44.7 Å². The molecule has 3 heterocycles. The summed E-state index contributed by atoms with van der Waals surface area (Å²) in [6, 6.07) is 20.1. The number of nitrogens with zero attached hydrogens (tertiary/aromatic N) is 4. The van der Waals surface area contributed by atoms with Crippen LogP contribution in [0.4, 0.5) is 0 Å². The third-order valence-electron chi connectivity index (χ3n) is 4.16. The molecule has 0 aliphatic heterocycles. The Kier molecular flexibility index (Phi) is 4.59. The molecular weight excluding hydrogens is 408 g/mol. The van der Waals surface area contributed by atoms with Crippen LogP contribution in [0.25, 0.3) is 26.6 Å². The second-order valence-corrected chi connectivity index (χ2v) is 9.06. The van der Waals surface area contributed by atoms with Crippen molar-refractivity contribution < 1.29 is 4.74 Å². The average molecular weight is 423 g/mol. The normalized spacial score (nSPS) is 11.2. The maximum absolute atomic E-state index is 5.30. The summed E-state index contributed by atoms with van der Waals surface area (Å²) in [5.41, 5.74) is 1.99. The quantitative estimate of drug-likeness (QED) is 0.360. The van der Waals surface area contributed by atoms with Crippen LogP contribution in [0.3, 0.4) is 0 Å². The van der Waals surface area contributed by atoms with Crippen molar-refractivity contribution in [1.29, 1.82) is 0 Å². The minimum atomic E-state index is 0.785. The van der Waals surface area contributed by atoms with Crippen molar-refractivity contribution in [1.82, 2.24) is 19.7 Å². The standard InChI is InChI=1S/C20H14N4OS3/c1-25-14-10-8-13(9-11-14)24-18(17-7-4-12-26-17)22-23-19(24)28-20-21-15-5-2-3-6-16(15)27-20/h2-12H,1H3. The van der Waals surface area contributed by atoms with Gasteiger partial charge in [-0.25, -0.2) is 4.98 Å². The molecule has 8 heteroatoms. The summed E-state index contributed by atoms with van der Waals surface area (Å²) in [5, 5.41) is 11.8. The molecule has 0 atom stereocenters. The topological polar surface area (TPSA) is 52.8 Å². The highest BCUT2D eigenvalue weighted by Crippen LogP contribution is 2.37. The second-order valence-electron chi connectivity index (χ2n) is 5.87. The van der Waals surface area contributed by atoms with E-state index in [1.807, 2.05) is 53.9 Å². The number of methoxy groups -OCH3 is 1. The molecule has 0 aliphatic carbocycles. The molecular formula is C20H14N4OS3. The lowest BCUT2D eigenvalue weighted by molar-refractivity contribution is 0.414. The molecule has 5 aromatic rings. The van der Waals surface area contributed by atoms with Gasteiger partial charge in [-0.2, -0.15) is 0 Å². The van der Waals surface area contributed by atoms with E-state index in [1.54, 1.807) is 29.8 Å². The first-order chi connectivity index (χ1) is 13.8. The fraction of sp³-hybridized carbons (Fsp3) is 0.0500. The van der Waals surface area contributed by atoms with Crippen LogP contribution in [0, 0.1) is 0 Å². The van der Waals surface area contributed by atoms with Gasteiger partial charge < -0.3 is 4.74 Å². The predicted octanol–water partition coefficient (Wildman–Crippen LogP) is 5.77. The molecule has 0 N–H and O–H groups in total. The molecule has 0 fully saturated rings. The largest absolute Gasteiger partial charge is 0.497 e. The van der Waals surface area contributed by atoms with E-state index < -0.39 is 0 Å². The lowest BCUT2D eigenvalue weighted by Gasteiger charge is -2.09. The van der Waals surface area contributed by atoms with E-state index in [2.05, 4.69) is 26.9 Å². The zero-order valence-corrected chi connectivity index (χ0v) is 17.2. The molecule has 3 aromatic heterocycles. The lowest BCUT2D eigenvalue weighted by atomic mass is 10.3. The van der Waals surface area contributed by atoms with Crippen LogP contribution in [-0.2, 0) is 0 Å². The van der Waals surface area contributed by atoms with Crippen LogP contribution < -0.4 is 4.74 Å². The summed E-state index contributed by atoms with van der Waals surface area (Å²) >= 11 is 4.84. The molecule has 0 spiro atoms. The zero-order valence-electron chi connectivity index (χ0n) is 14.8. The predicted molar refractivity (Wildman–Crippen MR) is 115 cm³/mol. The summed E-state index contributed by atoms with van der Waals surface area (Å²) in [6.45, 7) is 0. The van der Waals surface area contributed by atoms with E-state index in [-0.39, 0.29) is 0 Å². The van der Waals surface area contributed by atoms with Crippen molar-refractivity contribution in [3.63, 3.8) is 0 Å². The van der Waals surface area contributed by atoms with Gasteiger partial charge in [-0.1, -0.05) is 18.2 Å². The van der Waals surface area contributed by atoms with Gasteiger partial charge in [0.2, 0.25) is 5.16 Å². The van der Waals surface area contributed by atoms with Gasteiger partial charge in [0.05, 0.1) is 27.9 Å². The van der Waals surface area contributed by atoms with Crippen LogP contribution in [-0.4, -0.2) is 26.9 Å². The van der Waals surface area contributed by atoms with E-state index in [0.717, 1.165) is 37.2 Å². The van der Waals surface area contributed by atoms with Crippen molar-refractivity contribution in [2.45, 2.75) is 9.50 Å². The summed E-state index contributed by atoms with van der Waals surface area (Å²) in [4.78, 5) is 5.79. The molecule has 138 valence electrons. The van der Waals surface area contributed by atoms with Gasteiger partial charge in [0.1, 0.15) is 5.75 Å². The number of thiophene rings is 1. The van der Waals surface area contributed by atoms with Crippen molar-refractivity contribution in [2.24, 2.45) is 0 Å². The fourth-order valence-electron chi connectivity index (χ4n) is 2.84. The summed E-state index contributed by atoms with van der Waals surface area (Å²) in [6.07, 6.45) is 0. The Hall–Kier alpha value is -2.68. The van der Waals surface area contributed by atoms with Gasteiger partial charge >= 0.3 is 0 Å². The van der Waals surface area contributed by atoms with Gasteiger partial charge in [-0.3, -0.25) is 4.57 Å². The maximum atomic E-state index is 5.30. The number of benzene rings is 2. The smallest absolute Gasteiger partial charge is 0.203 e. The van der Waals surface area contributed by atoms with Crippen LogP contribution in [0.15, 0.2) is 75.5 Å². The van der Waals surface area contributed by atoms with Gasteiger partial charge in [-0.15, -0.1) is 32.9 Å². The molecule has 0 saturated heterocycles. The molecule has 5 rings (SSSR count). The number of hydrogen-bond acceptors (Lipinski definition) is 7. The first kappa shape index (κ1) is 17.4. The Bertz CT molecular complexity index is 1190. The SMILES string of the molecule is COc1ccc(-n2c(Sc3nc4ccccc4s3)nnc2-c2cccs2)cc1. The number of aromatic nitrogens is 4. The number of rotatable bonds is 5. The fourth-order valence-corrected chi connectivity index (χ4v) is 5.56. The monoisotopic (exact) mass is 422 g/mol. The maximum Gasteiger partial charge on any atom is 0.203 e. The van der Waals surface area contributed by atoms with Crippen LogP contribution in [0.2, 0.25) is 0 Å². The summed E-state index contributed by atoms with van der Waals surface area (Å²) in [7, 11) is 1.67. The van der Waals surface area contributed by atoms with Gasteiger partial charge in [0, 0.05) is 0 Å². The van der Waals surface area contributed by atoms with Gasteiger partial charge in [0.15, 0.2) is 10.2 Å². The first-order valence-electron chi connectivity index (χ1n) is 8.49. The number of thiazole rings is 1. The van der Waals surface area contributed by atoms with Crippen molar-refractivity contribution in [3.8, 4) is 22.1 Å². The van der Waals surface area contributed by atoms with Crippen molar-refractivity contribution in [2.75, 3.05) is 7.11 Å². The van der Waals surface area contributed by atoms with Crippen LogP contribution in [0.1, 0.15) is 0 Å². The molecule has 0 bridgehead atoms. The summed E-state index contributed by atoms with van der Waals surface area (Å²) in [5.74, 6) is 1.64. The molecule has 2 aromatic carbocycles. The van der Waals surface area contributed by atoms with Gasteiger partial charge in [-0.05, 0) is 59.6 Å². The van der Waals surface area contributed by atoms with Gasteiger partial charge in [0.25, 0.3) is 0 Å².